The van der Waals surface area contributed by atoms with E-state index < -0.39 is 13.0 Å². The van der Waals surface area contributed by atoms with Crippen LogP contribution in [-0.4, -0.2) is 45.7 Å². The molecule has 198 valence electrons. The van der Waals surface area contributed by atoms with Crippen molar-refractivity contribution in [1.29, 1.82) is 0 Å². The fraction of sp³-hybridized carbons (Fsp3) is 0.357. The van der Waals surface area contributed by atoms with Gasteiger partial charge in [-0.1, -0.05) is 38.0 Å². The zero-order valence-corrected chi connectivity index (χ0v) is 21.2. The summed E-state index contributed by atoms with van der Waals surface area (Å²) in [7, 11) is 1.65. The fourth-order valence-electron chi connectivity index (χ4n) is 4.42. The first kappa shape index (κ1) is 26.1. The minimum absolute atomic E-state index is 0. The van der Waals surface area contributed by atoms with E-state index in [1.807, 2.05) is 43.3 Å². The van der Waals surface area contributed by atoms with Crippen LogP contribution in [0.15, 0.2) is 66.8 Å². The highest BCUT2D eigenvalue weighted by Crippen LogP contribution is 2.33. The molecule has 3 aromatic heterocycles. The predicted molar refractivity (Wildman–Crippen MR) is 147 cm³/mol. The molecule has 0 aliphatic heterocycles. The summed E-state index contributed by atoms with van der Waals surface area (Å²) in [5.41, 5.74) is 7.07. The zero-order valence-electron chi connectivity index (χ0n) is 21.2. The molecule has 0 unspecified atom stereocenters. The summed E-state index contributed by atoms with van der Waals surface area (Å²) < 4.78 is 32.1. The third kappa shape index (κ3) is 6.62. The number of ether oxygens (including phenoxy) is 1. The normalized spacial score (nSPS) is 13.6. The van der Waals surface area contributed by atoms with Gasteiger partial charge in [0.05, 0.1) is 11.2 Å². The summed E-state index contributed by atoms with van der Waals surface area (Å²) in [4.78, 5) is 8.51. The first-order chi connectivity index (χ1) is 18.0. The van der Waals surface area contributed by atoms with Gasteiger partial charge in [0.15, 0.2) is 6.61 Å². The van der Waals surface area contributed by atoms with Gasteiger partial charge in [-0.05, 0) is 49.6 Å². The SMILES string of the molecule is C=C=C(C)NC1CCCCC1.CNc1nc(OCC(F)F)c2c(-c3ccc4ncccc4c3)ccn2n1.[HH].[HH]. The highest BCUT2D eigenvalue weighted by molar-refractivity contribution is 5.90. The maximum Gasteiger partial charge on any atom is 0.272 e. The van der Waals surface area contributed by atoms with Gasteiger partial charge in [-0.15, -0.1) is 10.8 Å². The van der Waals surface area contributed by atoms with E-state index in [-0.39, 0.29) is 14.7 Å². The van der Waals surface area contributed by atoms with Crippen LogP contribution >= 0.6 is 0 Å². The molecule has 1 aliphatic rings. The monoisotopic (exact) mass is 510 g/mol. The lowest BCUT2D eigenvalue weighted by Gasteiger charge is -2.23. The Kier molecular flexibility index (Phi) is 8.69. The number of alkyl halides is 2. The number of aromatic nitrogens is 4. The molecule has 0 amide bonds. The van der Waals surface area contributed by atoms with Crippen molar-refractivity contribution in [1.82, 2.24) is 24.9 Å². The smallest absolute Gasteiger partial charge is 0.272 e. The summed E-state index contributed by atoms with van der Waals surface area (Å²) in [6.07, 6.45) is 7.69. The number of nitrogens with one attached hydrogen (secondary N) is 2. The molecule has 4 aromatic rings. The first-order valence-corrected chi connectivity index (χ1v) is 12.4. The van der Waals surface area contributed by atoms with E-state index in [0.29, 0.717) is 11.6 Å². The second-order valence-electron chi connectivity index (χ2n) is 8.91. The molecule has 0 radical (unpaired) electrons. The lowest BCUT2D eigenvalue weighted by atomic mass is 9.95. The third-order valence-electron chi connectivity index (χ3n) is 6.25. The van der Waals surface area contributed by atoms with Gasteiger partial charge >= 0.3 is 0 Å². The van der Waals surface area contributed by atoms with Gasteiger partial charge in [-0.2, -0.15) is 4.98 Å². The molecule has 0 atom stereocenters. The van der Waals surface area contributed by atoms with Crippen molar-refractivity contribution in [2.24, 2.45) is 0 Å². The Balaban J connectivity index is 0.000000350. The highest BCUT2D eigenvalue weighted by Gasteiger charge is 2.17. The van der Waals surface area contributed by atoms with Crippen molar-refractivity contribution in [3.63, 3.8) is 0 Å². The van der Waals surface area contributed by atoms with Crippen molar-refractivity contribution < 1.29 is 16.4 Å². The van der Waals surface area contributed by atoms with Gasteiger partial charge in [0.25, 0.3) is 6.43 Å². The third-order valence-corrected chi connectivity index (χ3v) is 6.25. The number of halogens is 2. The van der Waals surface area contributed by atoms with Crippen molar-refractivity contribution in [2.75, 3.05) is 19.0 Å². The maximum atomic E-state index is 12.6. The Morgan fingerprint density at radius 3 is 2.78 bits per heavy atom. The van der Waals surface area contributed by atoms with E-state index in [1.54, 1.807) is 24.0 Å². The van der Waals surface area contributed by atoms with Crippen LogP contribution in [0.25, 0.3) is 27.5 Å². The molecule has 0 bridgehead atoms. The van der Waals surface area contributed by atoms with Gasteiger partial charge in [-0.3, -0.25) is 4.98 Å². The number of fused-ring (bicyclic) bond motifs is 2. The summed E-state index contributed by atoms with van der Waals surface area (Å²) in [5.74, 6) is 0.391. The molecular formula is C28H36F2N6O. The molecule has 9 heteroatoms. The van der Waals surface area contributed by atoms with E-state index >= 15 is 0 Å². The van der Waals surface area contributed by atoms with E-state index in [9.17, 15) is 8.78 Å². The Morgan fingerprint density at radius 2 is 2.05 bits per heavy atom. The van der Waals surface area contributed by atoms with E-state index in [1.165, 1.54) is 32.1 Å². The number of allylic oxidation sites excluding steroid dienone is 1. The fourth-order valence-corrected chi connectivity index (χ4v) is 4.42. The molecule has 3 heterocycles. The van der Waals surface area contributed by atoms with E-state index in [4.69, 9.17) is 4.74 Å². The molecule has 5 rings (SSSR count). The van der Waals surface area contributed by atoms with Gasteiger partial charge in [-0.25, -0.2) is 13.3 Å². The second-order valence-corrected chi connectivity index (χ2v) is 8.91. The maximum absolute atomic E-state index is 12.6. The number of nitrogens with zero attached hydrogens (tertiary/aromatic N) is 4. The zero-order chi connectivity index (χ0) is 26.2. The Hall–Kier alpha value is -3.97. The van der Waals surface area contributed by atoms with Gasteiger partial charge in [0.2, 0.25) is 11.8 Å². The first-order valence-electron chi connectivity index (χ1n) is 12.4. The Bertz CT molecular complexity index is 1400. The molecular weight excluding hydrogens is 474 g/mol. The number of rotatable bonds is 7. The summed E-state index contributed by atoms with van der Waals surface area (Å²) in [6, 6.07) is 12.2. The van der Waals surface area contributed by atoms with Crippen LogP contribution in [-0.2, 0) is 0 Å². The van der Waals surface area contributed by atoms with E-state index in [0.717, 1.165) is 27.7 Å². The molecule has 1 saturated carbocycles. The summed E-state index contributed by atoms with van der Waals surface area (Å²) in [6.45, 7) is 4.90. The van der Waals surface area contributed by atoms with Crippen LogP contribution in [0.4, 0.5) is 14.7 Å². The van der Waals surface area contributed by atoms with Crippen molar-refractivity contribution >= 4 is 22.4 Å². The Labute approximate surface area is 218 Å². The number of anilines is 1. The Morgan fingerprint density at radius 1 is 1.24 bits per heavy atom. The highest BCUT2D eigenvalue weighted by atomic mass is 19.3. The molecule has 0 spiro atoms. The molecule has 7 nitrogen and oxygen atoms in total. The van der Waals surface area contributed by atoms with Crippen LogP contribution in [0, 0.1) is 0 Å². The van der Waals surface area contributed by atoms with Crippen molar-refractivity contribution in [3.05, 3.63) is 66.8 Å². The van der Waals surface area contributed by atoms with Crippen LogP contribution < -0.4 is 15.4 Å². The van der Waals surface area contributed by atoms with Gasteiger partial charge in [0.1, 0.15) is 5.52 Å². The summed E-state index contributed by atoms with van der Waals surface area (Å²) in [5, 5.41) is 11.5. The standard InChI is InChI=1S/C18H15F2N5O.C10H17N.2H2/c1-21-18-23-17(26-10-15(19)20)16-13(6-8-25(16)24-18)11-4-5-14-12(9-11)3-2-7-22-14;1-3-9(2)11-10-7-5-4-6-8-10;;/h2-9,15H,10H2,1H3,(H,21,24);10-11H,1,4-8H2,2H3;2*1H. The number of hydrogen-bond acceptors (Lipinski definition) is 6. The van der Waals surface area contributed by atoms with Crippen LogP contribution in [0.1, 0.15) is 41.9 Å². The van der Waals surface area contributed by atoms with Crippen LogP contribution in [0.3, 0.4) is 0 Å². The van der Waals surface area contributed by atoms with Crippen molar-refractivity contribution in [2.45, 2.75) is 51.5 Å². The number of hydrogen-bond donors (Lipinski definition) is 2. The lowest BCUT2D eigenvalue weighted by Crippen LogP contribution is -2.29. The van der Waals surface area contributed by atoms with Crippen LogP contribution in [0.2, 0.25) is 0 Å². The molecule has 1 fully saturated rings. The average Bonchev–Trinajstić information content (AvgIpc) is 3.36. The van der Waals surface area contributed by atoms with E-state index in [2.05, 4.69) is 38.0 Å². The van der Waals surface area contributed by atoms with Gasteiger partial charge < -0.3 is 15.4 Å². The minimum Gasteiger partial charge on any atom is -0.470 e. The molecule has 0 saturated heterocycles. The molecule has 37 heavy (non-hydrogen) atoms. The number of benzene rings is 1. The molecule has 1 aliphatic carbocycles. The molecule has 2 N–H and O–H groups in total. The van der Waals surface area contributed by atoms with Crippen LogP contribution in [0.5, 0.6) is 5.88 Å². The quantitative estimate of drug-likeness (QED) is 0.269. The largest absolute Gasteiger partial charge is 0.470 e. The summed E-state index contributed by atoms with van der Waals surface area (Å²) >= 11 is 0. The average molecular weight is 511 g/mol. The van der Waals surface area contributed by atoms with Gasteiger partial charge in [0, 0.05) is 39.3 Å². The second kappa shape index (κ2) is 12.3. The predicted octanol–water partition coefficient (Wildman–Crippen LogP) is 6.72. The lowest BCUT2D eigenvalue weighted by molar-refractivity contribution is 0.0802. The molecule has 1 aromatic carbocycles. The minimum atomic E-state index is -2.59. The number of pyridine rings is 1. The topological polar surface area (TPSA) is 76.4 Å². The van der Waals surface area contributed by atoms with Crippen molar-refractivity contribution in [3.8, 4) is 17.0 Å².